The van der Waals surface area contributed by atoms with Crippen molar-refractivity contribution in [2.75, 3.05) is 19.2 Å². The fourth-order valence-corrected chi connectivity index (χ4v) is 2.08. The lowest BCUT2D eigenvalue weighted by Crippen LogP contribution is -2.00. The number of nitrogens with one attached hydrogen (secondary N) is 1. The van der Waals surface area contributed by atoms with Crippen LogP contribution in [-0.4, -0.2) is 19.0 Å². The van der Waals surface area contributed by atoms with Crippen LogP contribution in [0.2, 0.25) is 0 Å². The van der Waals surface area contributed by atoms with Gasteiger partial charge in [-0.25, -0.2) is 0 Å². The van der Waals surface area contributed by atoms with Crippen LogP contribution < -0.4 is 19.5 Å². The molecule has 20 heavy (non-hydrogen) atoms. The van der Waals surface area contributed by atoms with Gasteiger partial charge < -0.3 is 24.6 Å². The van der Waals surface area contributed by atoms with E-state index < -0.39 is 0 Å². The molecular weight excluding hydrogens is 258 g/mol. The van der Waals surface area contributed by atoms with Crippen LogP contribution in [0.25, 0.3) is 0 Å². The van der Waals surface area contributed by atoms with Crippen LogP contribution in [0.5, 0.6) is 23.0 Å². The number of rotatable bonds is 4. The average molecular weight is 273 g/mol. The van der Waals surface area contributed by atoms with Gasteiger partial charge in [0, 0.05) is 23.9 Å². The van der Waals surface area contributed by atoms with Crippen molar-refractivity contribution in [3.8, 4) is 23.0 Å². The van der Waals surface area contributed by atoms with Gasteiger partial charge in [-0.3, -0.25) is 0 Å². The van der Waals surface area contributed by atoms with Crippen LogP contribution in [0.15, 0.2) is 36.4 Å². The van der Waals surface area contributed by atoms with E-state index in [0.29, 0.717) is 12.3 Å². The first-order valence-electron chi connectivity index (χ1n) is 6.26. The minimum absolute atomic E-state index is 0.156. The summed E-state index contributed by atoms with van der Waals surface area (Å²) in [5.41, 5.74) is 1.67. The highest BCUT2D eigenvalue weighted by atomic mass is 16.7. The maximum atomic E-state index is 10.0. The number of ether oxygens (including phenoxy) is 3. The maximum Gasteiger partial charge on any atom is 0.231 e. The lowest BCUT2D eigenvalue weighted by atomic mass is 10.1. The zero-order valence-electron chi connectivity index (χ0n) is 11.1. The molecule has 1 aliphatic rings. The summed E-state index contributed by atoms with van der Waals surface area (Å²) in [6.45, 7) is 0.748. The number of anilines is 1. The molecule has 0 atom stereocenters. The Morgan fingerprint density at radius 1 is 1.20 bits per heavy atom. The van der Waals surface area contributed by atoms with Crippen molar-refractivity contribution in [3.05, 3.63) is 42.0 Å². The van der Waals surface area contributed by atoms with Gasteiger partial charge in [-0.05, 0) is 18.2 Å². The SMILES string of the molecule is COc1cccc(CNc2ccc3c(c2)OCO3)c1O. The largest absolute Gasteiger partial charge is 0.504 e. The van der Waals surface area contributed by atoms with Gasteiger partial charge in [-0.1, -0.05) is 12.1 Å². The third-order valence-corrected chi connectivity index (χ3v) is 3.16. The van der Waals surface area contributed by atoms with Gasteiger partial charge in [0.2, 0.25) is 6.79 Å². The molecule has 0 fully saturated rings. The van der Waals surface area contributed by atoms with Gasteiger partial charge in [0.15, 0.2) is 23.0 Å². The minimum atomic E-state index is 0.156. The smallest absolute Gasteiger partial charge is 0.231 e. The number of methoxy groups -OCH3 is 1. The van der Waals surface area contributed by atoms with Gasteiger partial charge >= 0.3 is 0 Å². The van der Waals surface area contributed by atoms with Crippen LogP contribution in [0, 0.1) is 0 Å². The zero-order valence-corrected chi connectivity index (χ0v) is 11.1. The van der Waals surface area contributed by atoms with Gasteiger partial charge in [-0.2, -0.15) is 0 Å². The highest BCUT2D eigenvalue weighted by molar-refractivity contribution is 5.56. The molecule has 3 rings (SSSR count). The van der Waals surface area contributed by atoms with Crippen LogP contribution in [0.4, 0.5) is 5.69 Å². The fraction of sp³-hybridized carbons (Fsp3) is 0.200. The van der Waals surface area contributed by atoms with Crippen molar-refractivity contribution in [1.29, 1.82) is 0 Å². The first kappa shape index (κ1) is 12.5. The summed E-state index contributed by atoms with van der Waals surface area (Å²) in [5.74, 6) is 2.10. The molecule has 2 aromatic carbocycles. The van der Waals surface area contributed by atoms with Crippen molar-refractivity contribution in [1.82, 2.24) is 0 Å². The van der Waals surface area contributed by atoms with E-state index in [1.165, 1.54) is 7.11 Å². The third kappa shape index (κ3) is 2.30. The van der Waals surface area contributed by atoms with E-state index in [1.54, 1.807) is 6.07 Å². The van der Waals surface area contributed by atoms with Crippen LogP contribution in [0.1, 0.15) is 5.56 Å². The lowest BCUT2D eigenvalue weighted by Gasteiger charge is -2.11. The molecule has 2 N–H and O–H groups in total. The summed E-state index contributed by atoms with van der Waals surface area (Å²) < 4.78 is 15.7. The van der Waals surface area contributed by atoms with Crippen LogP contribution in [0.3, 0.4) is 0 Å². The average Bonchev–Trinajstić information content (AvgIpc) is 2.93. The van der Waals surface area contributed by atoms with E-state index in [1.807, 2.05) is 30.3 Å². The topological polar surface area (TPSA) is 60.0 Å². The summed E-state index contributed by atoms with van der Waals surface area (Å²) in [7, 11) is 1.53. The molecule has 0 amide bonds. The van der Waals surface area contributed by atoms with Gasteiger partial charge in [0.25, 0.3) is 0 Å². The summed E-state index contributed by atoms with van der Waals surface area (Å²) in [6.07, 6.45) is 0. The second kappa shape index (κ2) is 5.21. The van der Waals surface area contributed by atoms with Crippen LogP contribution >= 0.6 is 0 Å². The second-order valence-electron chi connectivity index (χ2n) is 4.39. The highest BCUT2D eigenvalue weighted by Crippen LogP contribution is 2.35. The lowest BCUT2D eigenvalue weighted by molar-refractivity contribution is 0.174. The standard InChI is InChI=1S/C15H15NO4/c1-18-13-4-2-3-10(15(13)17)8-16-11-5-6-12-14(7-11)20-9-19-12/h2-7,16-17H,8-9H2,1H3. The van der Waals surface area contributed by atoms with E-state index in [4.69, 9.17) is 14.2 Å². The monoisotopic (exact) mass is 273 g/mol. The van der Waals surface area contributed by atoms with Crippen LogP contribution in [-0.2, 0) is 6.54 Å². The van der Waals surface area contributed by atoms with E-state index in [9.17, 15) is 5.11 Å². The highest BCUT2D eigenvalue weighted by Gasteiger charge is 2.13. The molecule has 1 aliphatic heterocycles. The van der Waals surface area contributed by atoms with Gasteiger partial charge in [0.1, 0.15) is 0 Å². The molecule has 0 spiro atoms. The summed E-state index contributed by atoms with van der Waals surface area (Å²) in [6, 6.07) is 11.0. The van der Waals surface area contributed by atoms with Gasteiger partial charge in [0.05, 0.1) is 7.11 Å². The molecular formula is C15H15NO4. The molecule has 5 heteroatoms. The zero-order chi connectivity index (χ0) is 13.9. The molecule has 0 aromatic heterocycles. The first-order valence-corrected chi connectivity index (χ1v) is 6.26. The predicted octanol–water partition coefficient (Wildman–Crippen LogP) is 2.74. The number of aromatic hydroxyl groups is 1. The van der Waals surface area contributed by atoms with Gasteiger partial charge in [-0.15, -0.1) is 0 Å². The predicted molar refractivity (Wildman–Crippen MR) is 74.6 cm³/mol. The van der Waals surface area contributed by atoms with Crippen molar-refractivity contribution in [2.24, 2.45) is 0 Å². The van der Waals surface area contributed by atoms with Crippen molar-refractivity contribution < 1.29 is 19.3 Å². The molecule has 0 saturated carbocycles. The Hall–Kier alpha value is -2.56. The number of phenolic OH excluding ortho intramolecular Hbond substituents is 1. The molecule has 5 nitrogen and oxygen atoms in total. The number of hydrogen-bond acceptors (Lipinski definition) is 5. The molecule has 2 aromatic rings. The quantitative estimate of drug-likeness (QED) is 0.897. The molecule has 0 bridgehead atoms. The van der Waals surface area contributed by atoms with Crippen molar-refractivity contribution in [2.45, 2.75) is 6.54 Å². The Morgan fingerprint density at radius 3 is 2.90 bits per heavy atom. The Kier molecular flexibility index (Phi) is 3.25. The molecule has 1 heterocycles. The van der Waals surface area contributed by atoms with Crippen molar-refractivity contribution in [3.63, 3.8) is 0 Å². The number of fused-ring (bicyclic) bond motifs is 1. The Balaban J connectivity index is 1.73. The fourth-order valence-electron chi connectivity index (χ4n) is 2.08. The summed E-state index contributed by atoms with van der Waals surface area (Å²) in [4.78, 5) is 0. The molecule has 104 valence electrons. The molecule has 0 radical (unpaired) electrons. The number of benzene rings is 2. The van der Waals surface area contributed by atoms with E-state index in [-0.39, 0.29) is 12.5 Å². The minimum Gasteiger partial charge on any atom is -0.504 e. The second-order valence-corrected chi connectivity index (χ2v) is 4.39. The van der Waals surface area contributed by atoms with E-state index >= 15 is 0 Å². The molecule has 0 unspecified atom stereocenters. The summed E-state index contributed by atoms with van der Waals surface area (Å²) in [5, 5.41) is 13.2. The maximum absolute atomic E-state index is 10.0. The first-order chi connectivity index (χ1) is 9.78. The summed E-state index contributed by atoms with van der Waals surface area (Å²) >= 11 is 0. The number of phenols is 1. The molecule has 0 saturated heterocycles. The Labute approximate surface area is 116 Å². The third-order valence-electron chi connectivity index (χ3n) is 3.16. The van der Waals surface area contributed by atoms with E-state index in [0.717, 1.165) is 22.7 Å². The Bertz CT molecular complexity index is 627. The van der Waals surface area contributed by atoms with Crippen molar-refractivity contribution >= 4 is 5.69 Å². The Morgan fingerprint density at radius 2 is 2.05 bits per heavy atom. The molecule has 0 aliphatic carbocycles. The number of hydrogen-bond donors (Lipinski definition) is 2. The van der Waals surface area contributed by atoms with E-state index in [2.05, 4.69) is 5.32 Å². The number of para-hydroxylation sites is 1. The normalized spacial score (nSPS) is 12.2.